The monoisotopic (exact) mass is 502 g/mol. The Balaban J connectivity index is 1.89. The van der Waals surface area contributed by atoms with Gasteiger partial charge in [-0.25, -0.2) is 0 Å². The van der Waals surface area contributed by atoms with E-state index in [0.717, 1.165) is 5.75 Å². The molecule has 0 atom stereocenters. The van der Waals surface area contributed by atoms with Crippen molar-refractivity contribution in [1.82, 2.24) is 0 Å². The molecule has 4 rings (SSSR count). The molecule has 0 aliphatic rings. The number of hydrogen-bond donors (Lipinski definition) is 0. The van der Waals surface area contributed by atoms with Gasteiger partial charge in [-0.1, -0.05) is 0 Å². The van der Waals surface area contributed by atoms with Crippen molar-refractivity contribution in [1.29, 1.82) is 0 Å². The van der Waals surface area contributed by atoms with Crippen LogP contribution in [0.1, 0.15) is 16.7 Å². The third kappa shape index (κ3) is 4.31. The van der Waals surface area contributed by atoms with Gasteiger partial charge in [0.25, 0.3) is 0 Å². The third-order valence-electron chi connectivity index (χ3n) is 5.49. The van der Waals surface area contributed by atoms with Gasteiger partial charge in [-0.3, -0.25) is 0 Å². The van der Waals surface area contributed by atoms with E-state index in [1.807, 2.05) is 0 Å². The van der Waals surface area contributed by atoms with Crippen LogP contribution in [0.15, 0.2) is 109 Å². The molecule has 4 aromatic rings. The van der Waals surface area contributed by atoms with E-state index in [2.05, 4.69) is 132 Å². The van der Waals surface area contributed by atoms with Gasteiger partial charge in [-0.2, -0.15) is 0 Å². The van der Waals surface area contributed by atoms with Gasteiger partial charge in [-0.05, 0) is 0 Å². The molecule has 0 unspecified atom stereocenters. The van der Waals surface area contributed by atoms with Crippen LogP contribution in [0.2, 0.25) is 0 Å². The first-order valence-electron chi connectivity index (χ1n) is 10.1. The molecule has 144 valence electrons. The Hall–Kier alpha value is -1.97. The average Bonchev–Trinajstić information content (AvgIpc) is 2.79. The van der Waals surface area contributed by atoms with Crippen molar-refractivity contribution < 1.29 is 0 Å². The average molecular weight is 501 g/mol. The Kier molecular flexibility index (Phi) is 6.46. The van der Waals surface area contributed by atoms with Gasteiger partial charge in [0.1, 0.15) is 0 Å². The predicted molar refractivity (Wildman–Crippen MR) is 131 cm³/mol. The third-order valence-corrected chi connectivity index (χ3v) is 25.9. The Morgan fingerprint density at radius 1 is 0.586 bits per heavy atom. The van der Waals surface area contributed by atoms with Gasteiger partial charge in [0.15, 0.2) is 0 Å². The van der Waals surface area contributed by atoms with Gasteiger partial charge in [-0.15, -0.1) is 0 Å². The molecular weight excluding hydrogens is 475 g/mol. The number of hydrogen-bond acceptors (Lipinski definition) is 1. The van der Waals surface area contributed by atoms with Crippen LogP contribution in [0, 0.1) is 13.8 Å². The Bertz CT molecular complexity index is 963. The maximum absolute atomic E-state index is 3.24. The summed E-state index contributed by atoms with van der Waals surface area (Å²) in [6.07, 6.45) is 0. The van der Waals surface area contributed by atoms with Crippen molar-refractivity contribution in [2.75, 3.05) is 0 Å². The second kappa shape index (κ2) is 9.23. The maximum atomic E-state index is 2.36. The van der Waals surface area contributed by atoms with E-state index in [1.54, 1.807) is 0 Å². The minimum atomic E-state index is -3.24. The molecule has 0 saturated carbocycles. The molecule has 29 heavy (non-hydrogen) atoms. The summed E-state index contributed by atoms with van der Waals surface area (Å²) in [5, 5.41) is 0. The van der Waals surface area contributed by atoms with E-state index < -0.39 is 17.0 Å². The standard InChI is InChI=1S/C9H12S.3C6H5.Sn/c1-7-3-4-8(2)9(5-7)6-10;3*1-2-4-6-5-3-1;/h3-5,10H,6H2,1-2H3;3*1-5H;/q;;;;+1/p-1. The van der Waals surface area contributed by atoms with Crippen LogP contribution < -0.4 is 10.7 Å². The number of aryl methyl sites for hydroxylation is 2. The van der Waals surface area contributed by atoms with Crippen LogP contribution in [0.3, 0.4) is 0 Å². The quantitative estimate of drug-likeness (QED) is 0.328. The summed E-state index contributed by atoms with van der Waals surface area (Å²) >= 11 is -3.24. The molecule has 0 aliphatic carbocycles. The molecule has 4 aromatic carbocycles. The summed E-state index contributed by atoms with van der Waals surface area (Å²) in [6, 6.07) is 40.5. The van der Waals surface area contributed by atoms with Gasteiger partial charge in [0, 0.05) is 0 Å². The molecule has 0 radical (unpaired) electrons. The summed E-state index contributed by atoms with van der Waals surface area (Å²) < 4.78 is 4.57. The van der Waals surface area contributed by atoms with Crippen molar-refractivity contribution in [2.45, 2.75) is 19.6 Å². The molecule has 0 amide bonds. The van der Waals surface area contributed by atoms with Crippen LogP contribution >= 0.6 is 8.95 Å². The topological polar surface area (TPSA) is 0 Å². The molecule has 0 fully saturated rings. The van der Waals surface area contributed by atoms with E-state index in [-0.39, 0.29) is 0 Å². The summed E-state index contributed by atoms with van der Waals surface area (Å²) in [6.45, 7) is 4.43. The molecule has 0 saturated heterocycles. The van der Waals surface area contributed by atoms with Crippen molar-refractivity contribution in [3.05, 3.63) is 126 Å². The summed E-state index contributed by atoms with van der Waals surface area (Å²) in [7, 11) is 2.21. The van der Waals surface area contributed by atoms with E-state index >= 15 is 0 Å². The van der Waals surface area contributed by atoms with Crippen molar-refractivity contribution >= 4 is 36.7 Å². The zero-order chi connectivity index (χ0) is 20.1. The number of benzene rings is 4. The minimum absolute atomic E-state index is 1.04. The Morgan fingerprint density at radius 3 is 1.48 bits per heavy atom. The molecule has 0 aliphatic heterocycles. The van der Waals surface area contributed by atoms with Crippen LogP contribution in [-0.4, -0.2) is 17.0 Å². The summed E-state index contributed by atoms with van der Waals surface area (Å²) in [4.78, 5) is 0. The predicted octanol–water partition coefficient (Wildman–Crippen LogP) is 5.20. The molecular formula is C27H26SSn. The molecule has 0 N–H and O–H groups in total. The fourth-order valence-corrected chi connectivity index (χ4v) is 23.8. The van der Waals surface area contributed by atoms with Crippen LogP contribution in [0.4, 0.5) is 0 Å². The zero-order valence-electron chi connectivity index (χ0n) is 17.0. The van der Waals surface area contributed by atoms with Crippen LogP contribution in [-0.2, 0) is 5.75 Å². The molecule has 0 nitrogen and oxygen atoms in total. The fourth-order valence-electron chi connectivity index (χ4n) is 3.91. The Morgan fingerprint density at radius 2 is 1.03 bits per heavy atom. The van der Waals surface area contributed by atoms with E-state index in [1.165, 1.54) is 27.4 Å². The molecule has 0 bridgehead atoms. The van der Waals surface area contributed by atoms with Gasteiger partial charge >= 0.3 is 182 Å². The first-order valence-corrected chi connectivity index (χ1v) is 18.8. The SMILES string of the molecule is Cc1ccc(C)c(C[S][Sn]([c]2ccccc2)([c]2ccccc2)[c]2ccccc2)c1. The molecule has 0 spiro atoms. The van der Waals surface area contributed by atoms with Crippen LogP contribution in [0.5, 0.6) is 0 Å². The second-order valence-corrected chi connectivity index (χ2v) is 23.5. The van der Waals surface area contributed by atoms with Gasteiger partial charge in [0.2, 0.25) is 0 Å². The van der Waals surface area contributed by atoms with Gasteiger partial charge < -0.3 is 0 Å². The van der Waals surface area contributed by atoms with E-state index in [0.29, 0.717) is 0 Å². The van der Waals surface area contributed by atoms with Crippen molar-refractivity contribution in [2.24, 2.45) is 0 Å². The Labute approximate surface area is 181 Å². The van der Waals surface area contributed by atoms with Crippen LogP contribution in [0.25, 0.3) is 0 Å². The first kappa shape index (κ1) is 20.3. The summed E-state index contributed by atoms with van der Waals surface area (Å²) in [5.41, 5.74) is 4.18. The number of rotatable bonds is 6. The molecule has 0 heterocycles. The normalized spacial score (nSPS) is 11.4. The molecule has 2 heteroatoms. The second-order valence-electron chi connectivity index (χ2n) is 7.50. The zero-order valence-corrected chi connectivity index (χ0v) is 20.7. The van der Waals surface area contributed by atoms with Crippen molar-refractivity contribution in [3.8, 4) is 0 Å². The molecule has 0 aromatic heterocycles. The fraction of sp³-hybridized carbons (Fsp3) is 0.111. The first-order chi connectivity index (χ1) is 14.2. The van der Waals surface area contributed by atoms with E-state index in [4.69, 9.17) is 0 Å². The van der Waals surface area contributed by atoms with Crippen molar-refractivity contribution in [3.63, 3.8) is 0 Å². The van der Waals surface area contributed by atoms with Gasteiger partial charge in [0.05, 0.1) is 0 Å². The van der Waals surface area contributed by atoms with E-state index in [9.17, 15) is 0 Å². The summed E-state index contributed by atoms with van der Waals surface area (Å²) in [5.74, 6) is 1.04.